The van der Waals surface area contributed by atoms with Crippen LogP contribution in [-0.2, 0) is 4.74 Å². The maximum atomic E-state index is 6.35. The molecular weight excluding hydrogens is 248 g/mol. The minimum absolute atomic E-state index is 0.0399. The standard InChI is InChI=1S/C17H34N2O/c1-13-7-9-14(10-8-13)19(6)17(12-18)11-15(2,3)20-16(17,4)5/h13-14H,7-12,18H2,1-6H3. The minimum Gasteiger partial charge on any atom is -0.368 e. The number of nitrogens with two attached hydrogens (primary N) is 1. The lowest BCUT2D eigenvalue weighted by Crippen LogP contribution is -2.65. The van der Waals surface area contributed by atoms with Gasteiger partial charge in [-0.05, 0) is 72.8 Å². The van der Waals surface area contributed by atoms with E-state index >= 15 is 0 Å². The largest absolute Gasteiger partial charge is 0.368 e. The maximum Gasteiger partial charge on any atom is 0.0830 e. The summed E-state index contributed by atoms with van der Waals surface area (Å²) in [6.45, 7) is 11.9. The molecule has 1 aliphatic carbocycles. The molecule has 1 saturated heterocycles. The van der Waals surface area contributed by atoms with Crippen LogP contribution < -0.4 is 5.73 Å². The smallest absolute Gasteiger partial charge is 0.0830 e. The summed E-state index contributed by atoms with van der Waals surface area (Å²) in [5.74, 6) is 0.887. The fraction of sp³-hybridized carbons (Fsp3) is 1.00. The van der Waals surface area contributed by atoms with Crippen LogP contribution in [0.5, 0.6) is 0 Å². The Morgan fingerprint density at radius 2 is 1.65 bits per heavy atom. The van der Waals surface area contributed by atoms with Crippen molar-refractivity contribution in [3.8, 4) is 0 Å². The Hall–Kier alpha value is -0.120. The van der Waals surface area contributed by atoms with Gasteiger partial charge in [-0.1, -0.05) is 6.92 Å². The predicted octanol–water partition coefficient (Wildman–Crippen LogP) is 3.17. The summed E-state index contributed by atoms with van der Waals surface area (Å²) >= 11 is 0. The number of likely N-dealkylation sites (N-methyl/N-ethyl adjacent to an activating group) is 1. The van der Waals surface area contributed by atoms with Gasteiger partial charge in [-0.2, -0.15) is 0 Å². The highest BCUT2D eigenvalue weighted by Gasteiger charge is 2.59. The molecule has 0 spiro atoms. The third-order valence-electron chi connectivity index (χ3n) is 5.92. The molecule has 0 aromatic heterocycles. The molecule has 20 heavy (non-hydrogen) atoms. The van der Waals surface area contributed by atoms with Crippen LogP contribution in [0.4, 0.5) is 0 Å². The molecule has 2 fully saturated rings. The third kappa shape index (κ3) is 2.65. The van der Waals surface area contributed by atoms with Crippen molar-refractivity contribution in [2.75, 3.05) is 13.6 Å². The van der Waals surface area contributed by atoms with Gasteiger partial charge in [0.15, 0.2) is 0 Å². The Balaban J connectivity index is 2.22. The molecule has 0 bridgehead atoms. The minimum atomic E-state index is -0.191. The second-order valence-electron chi connectivity index (χ2n) is 8.31. The average Bonchev–Trinajstić information content (AvgIpc) is 2.54. The summed E-state index contributed by atoms with van der Waals surface area (Å²) < 4.78 is 6.35. The summed E-state index contributed by atoms with van der Waals surface area (Å²) in [7, 11) is 2.28. The van der Waals surface area contributed by atoms with Crippen LogP contribution in [0.2, 0.25) is 0 Å². The van der Waals surface area contributed by atoms with Crippen molar-refractivity contribution in [1.82, 2.24) is 4.90 Å². The van der Waals surface area contributed by atoms with Crippen molar-refractivity contribution in [1.29, 1.82) is 0 Å². The van der Waals surface area contributed by atoms with Crippen molar-refractivity contribution in [2.45, 2.75) is 89.5 Å². The van der Waals surface area contributed by atoms with Crippen LogP contribution in [-0.4, -0.2) is 41.3 Å². The monoisotopic (exact) mass is 282 g/mol. The van der Waals surface area contributed by atoms with Crippen molar-refractivity contribution in [3.63, 3.8) is 0 Å². The molecule has 2 N–H and O–H groups in total. The van der Waals surface area contributed by atoms with Gasteiger partial charge in [0.1, 0.15) is 0 Å². The fourth-order valence-corrected chi connectivity index (χ4v) is 4.73. The molecule has 2 aliphatic rings. The van der Waals surface area contributed by atoms with E-state index in [0.29, 0.717) is 12.6 Å². The molecule has 0 aromatic rings. The molecule has 1 unspecified atom stereocenters. The first-order valence-electron chi connectivity index (χ1n) is 8.27. The van der Waals surface area contributed by atoms with Crippen LogP contribution in [0.1, 0.15) is 66.7 Å². The molecule has 1 atom stereocenters. The Morgan fingerprint density at radius 3 is 2.05 bits per heavy atom. The van der Waals surface area contributed by atoms with Gasteiger partial charge in [-0.25, -0.2) is 0 Å². The molecule has 118 valence electrons. The zero-order chi connectivity index (χ0) is 15.2. The number of ether oxygens (including phenoxy) is 1. The second-order valence-corrected chi connectivity index (χ2v) is 8.31. The normalized spacial score (nSPS) is 40.2. The number of hydrogen-bond donors (Lipinski definition) is 1. The molecule has 2 rings (SSSR count). The van der Waals surface area contributed by atoms with Gasteiger partial charge < -0.3 is 10.5 Å². The molecule has 3 nitrogen and oxygen atoms in total. The predicted molar refractivity (Wildman–Crippen MR) is 84.8 cm³/mol. The number of rotatable bonds is 3. The van der Waals surface area contributed by atoms with E-state index in [9.17, 15) is 0 Å². The quantitative estimate of drug-likeness (QED) is 0.864. The molecule has 3 heteroatoms. The Morgan fingerprint density at radius 1 is 1.10 bits per heavy atom. The van der Waals surface area contributed by atoms with Gasteiger partial charge >= 0.3 is 0 Å². The molecule has 1 heterocycles. The van der Waals surface area contributed by atoms with E-state index < -0.39 is 0 Å². The SMILES string of the molecule is CC1CCC(N(C)C2(CN)CC(C)(C)OC2(C)C)CC1. The van der Waals surface area contributed by atoms with Crippen molar-refractivity contribution in [3.05, 3.63) is 0 Å². The summed E-state index contributed by atoms with van der Waals surface area (Å²) in [5.41, 5.74) is 5.96. The molecule has 1 aliphatic heterocycles. The van der Waals surface area contributed by atoms with Crippen LogP contribution >= 0.6 is 0 Å². The number of nitrogens with zero attached hydrogens (tertiary/aromatic N) is 1. The molecular formula is C17H34N2O. The third-order valence-corrected chi connectivity index (χ3v) is 5.92. The maximum absolute atomic E-state index is 6.35. The highest BCUT2D eigenvalue weighted by molar-refractivity contribution is 5.13. The van der Waals surface area contributed by atoms with Crippen LogP contribution in [0.15, 0.2) is 0 Å². The van der Waals surface area contributed by atoms with E-state index in [1.54, 1.807) is 0 Å². The lowest BCUT2D eigenvalue weighted by atomic mass is 9.75. The lowest BCUT2D eigenvalue weighted by molar-refractivity contribution is -0.108. The molecule has 0 radical (unpaired) electrons. The first kappa shape index (κ1) is 16.3. The average molecular weight is 282 g/mol. The molecule has 0 aromatic carbocycles. The van der Waals surface area contributed by atoms with Gasteiger partial charge in [-0.15, -0.1) is 0 Å². The van der Waals surface area contributed by atoms with E-state index in [0.717, 1.165) is 12.3 Å². The Kier molecular flexibility index (Phi) is 4.27. The summed E-state index contributed by atoms with van der Waals surface area (Å²) in [6, 6.07) is 0.659. The first-order chi connectivity index (χ1) is 9.13. The number of hydrogen-bond acceptors (Lipinski definition) is 3. The van der Waals surface area contributed by atoms with E-state index in [1.165, 1.54) is 25.7 Å². The topological polar surface area (TPSA) is 38.5 Å². The summed E-state index contributed by atoms with van der Waals surface area (Å²) in [4.78, 5) is 2.58. The second kappa shape index (κ2) is 5.26. The van der Waals surface area contributed by atoms with Crippen molar-refractivity contribution >= 4 is 0 Å². The lowest BCUT2D eigenvalue weighted by Gasteiger charge is -2.50. The van der Waals surface area contributed by atoms with Gasteiger partial charge in [0, 0.05) is 12.6 Å². The van der Waals surface area contributed by atoms with E-state index in [-0.39, 0.29) is 16.7 Å². The van der Waals surface area contributed by atoms with Crippen LogP contribution in [0.25, 0.3) is 0 Å². The molecule has 0 amide bonds. The first-order valence-corrected chi connectivity index (χ1v) is 8.27. The van der Waals surface area contributed by atoms with Gasteiger partial charge in [0.25, 0.3) is 0 Å². The Bertz CT molecular complexity index is 345. The summed E-state index contributed by atoms with van der Waals surface area (Å²) in [5, 5.41) is 0. The van der Waals surface area contributed by atoms with Gasteiger partial charge in [-0.3, -0.25) is 4.90 Å². The zero-order valence-electron chi connectivity index (χ0n) is 14.3. The zero-order valence-corrected chi connectivity index (χ0v) is 14.3. The summed E-state index contributed by atoms with van der Waals surface area (Å²) in [6.07, 6.45) is 6.32. The van der Waals surface area contributed by atoms with E-state index in [1.807, 2.05) is 0 Å². The van der Waals surface area contributed by atoms with E-state index in [2.05, 4.69) is 46.6 Å². The van der Waals surface area contributed by atoms with Crippen LogP contribution in [0.3, 0.4) is 0 Å². The molecule has 1 saturated carbocycles. The van der Waals surface area contributed by atoms with E-state index in [4.69, 9.17) is 10.5 Å². The fourth-order valence-electron chi connectivity index (χ4n) is 4.73. The van der Waals surface area contributed by atoms with Crippen molar-refractivity contribution < 1.29 is 4.74 Å². The van der Waals surface area contributed by atoms with Crippen molar-refractivity contribution in [2.24, 2.45) is 11.7 Å². The van der Waals surface area contributed by atoms with Gasteiger partial charge in [0.05, 0.1) is 16.7 Å². The van der Waals surface area contributed by atoms with Gasteiger partial charge in [0.2, 0.25) is 0 Å². The Labute approximate surface area is 125 Å². The highest BCUT2D eigenvalue weighted by atomic mass is 16.5. The highest BCUT2D eigenvalue weighted by Crippen LogP contribution is 2.49. The van der Waals surface area contributed by atoms with Crippen LogP contribution in [0, 0.1) is 5.92 Å².